The number of para-hydroxylation sites is 1. The molecule has 0 unspecified atom stereocenters. The van der Waals surface area contributed by atoms with Crippen molar-refractivity contribution >= 4 is 16.9 Å². The van der Waals surface area contributed by atoms with Gasteiger partial charge in [-0.2, -0.15) is 0 Å². The summed E-state index contributed by atoms with van der Waals surface area (Å²) in [6, 6.07) is 13.9. The Morgan fingerprint density at radius 2 is 2.00 bits per heavy atom. The SMILES string of the molecule is C=CC(=O)OC(C)(C)CN(C)Oc1ccc2cc(-c3ccccc3OF)oc2c1. The van der Waals surface area contributed by atoms with Gasteiger partial charge in [0.05, 0.1) is 12.1 Å². The molecular weight excluding hydrogens is 377 g/mol. The van der Waals surface area contributed by atoms with Gasteiger partial charge in [0.1, 0.15) is 16.9 Å². The summed E-state index contributed by atoms with van der Waals surface area (Å²) in [5.74, 6) is 0.613. The second kappa shape index (κ2) is 8.36. The van der Waals surface area contributed by atoms with Crippen LogP contribution < -0.4 is 9.78 Å². The number of halogens is 1. The number of nitrogens with zero attached hydrogens (tertiary/aromatic N) is 1. The van der Waals surface area contributed by atoms with Crippen LogP contribution in [0.4, 0.5) is 4.53 Å². The first-order valence-corrected chi connectivity index (χ1v) is 8.97. The molecule has 0 bridgehead atoms. The van der Waals surface area contributed by atoms with E-state index < -0.39 is 11.6 Å². The highest BCUT2D eigenvalue weighted by Crippen LogP contribution is 2.35. The molecule has 29 heavy (non-hydrogen) atoms. The number of ether oxygens (including phenoxy) is 1. The highest BCUT2D eigenvalue weighted by atomic mass is 19.3. The Kier molecular flexibility index (Phi) is 5.89. The Labute approximate surface area is 167 Å². The Bertz CT molecular complexity index is 1030. The second-order valence-corrected chi connectivity index (χ2v) is 7.15. The molecular formula is C22H22FNO5. The van der Waals surface area contributed by atoms with Crippen molar-refractivity contribution in [3.63, 3.8) is 0 Å². The molecule has 152 valence electrons. The minimum atomic E-state index is -0.766. The zero-order valence-corrected chi connectivity index (χ0v) is 16.5. The molecule has 0 fully saturated rings. The minimum Gasteiger partial charge on any atom is -0.456 e. The summed E-state index contributed by atoms with van der Waals surface area (Å²) in [5, 5.41) is 2.40. The molecule has 6 nitrogen and oxygen atoms in total. The molecule has 0 aliphatic carbocycles. The summed E-state index contributed by atoms with van der Waals surface area (Å²) < 4.78 is 23.9. The summed E-state index contributed by atoms with van der Waals surface area (Å²) in [4.78, 5) is 21.2. The number of esters is 1. The van der Waals surface area contributed by atoms with E-state index in [0.717, 1.165) is 11.5 Å². The van der Waals surface area contributed by atoms with E-state index in [1.807, 2.05) is 6.07 Å². The van der Waals surface area contributed by atoms with E-state index in [1.165, 1.54) is 6.07 Å². The summed E-state index contributed by atoms with van der Waals surface area (Å²) in [6.45, 7) is 7.28. The van der Waals surface area contributed by atoms with Crippen LogP contribution in [-0.2, 0) is 9.53 Å². The van der Waals surface area contributed by atoms with Crippen molar-refractivity contribution in [3.05, 3.63) is 61.2 Å². The van der Waals surface area contributed by atoms with Crippen molar-refractivity contribution in [1.82, 2.24) is 5.06 Å². The standard InChI is InChI=1S/C22H22FNO5/c1-5-21(25)27-22(2,3)14-24(4)29-16-11-10-15-12-20(26-19(15)13-16)17-8-6-7-9-18(17)28-23/h5-13H,1,14H2,2-4H3. The first-order valence-electron chi connectivity index (χ1n) is 8.97. The monoisotopic (exact) mass is 399 g/mol. The Hall–Kier alpha value is -3.32. The van der Waals surface area contributed by atoms with E-state index in [0.29, 0.717) is 29.2 Å². The molecule has 0 spiro atoms. The van der Waals surface area contributed by atoms with Crippen molar-refractivity contribution in [2.24, 2.45) is 0 Å². The fourth-order valence-corrected chi connectivity index (χ4v) is 3.03. The number of furan rings is 1. The smallest absolute Gasteiger partial charge is 0.330 e. The third kappa shape index (κ3) is 4.94. The average molecular weight is 399 g/mol. The van der Waals surface area contributed by atoms with Gasteiger partial charge in [-0.25, -0.2) is 4.79 Å². The maximum absolute atomic E-state index is 12.8. The molecule has 3 aromatic rings. The number of hydrogen-bond acceptors (Lipinski definition) is 6. The maximum atomic E-state index is 12.8. The van der Waals surface area contributed by atoms with Crippen LogP contribution in [0.1, 0.15) is 13.8 Å². The van der Waals surface area contributed by atoms with Gasteiger partial charge in [0.25, 0.3) is 0 Å². The van der Waals surface area contributed by atoms with Gasteiger partial charge in [-0.3, -0.25) is 4.94 Å². The number of benzene rings is 2. The van der Waals surface area contributed by atoms with E-state index in [9.17, 15) is 9.32 Å². The molecule has 2 aromatic carbocycles. The van der Waals surface area contributed by atoms with Gasteiger partial charge in [0.15, 0.2) is 11.5 Å². The maximum Gasteiger partial charge on any atom is 0.330 e. The van der Waals surface area contributed by atoms with E-state index in [1.54, 1.807) is 62.4 Å². The normalized spacial score (nSPS) is 11.5. The number of carbonyl (C=O) groups excluding carboxylic acids is 1. The molecule has 0 saturated heterocycles. The molecule has 1 heterocycles. The van der Waals surface area contributed by atoms with Crippen LogP contribution in [0, 0.1) is 0 Å². The fourth-order valence-electron chi connectivity index (χ4n) is 3.03. The molecule has 3 rings (SSSR count). The predicted molar refractivity (Wildman–Crippen MR) is 107 cm³/mol. The van der Waals surface area contributed by atoms with Crippen LogP contribution in [0.3, 0.4) is 0 Å². The van der Waals surface area contributed by atoms with E-state index in [2.05, 4.69) is 11.5 Å². The summed E-state index contributed by atoms with van der Waals surface area (Å²) in [5.41, 5.74) is 0.325. The highest BCUT2D eigenvalue weighted by molar-refractivity contribution is 5.85. The highest BCUT2D eigenvalue weighted by Gasteiger charge is 2.25. The van der Waals surface area contributed by atoms with Crippen LogP contribution in [0.25, 0.3) is 22.3 Å². The number of rotatable bonds is 8. The lowest BCUT2D eigenvalue weighted by atomic mass is 10.1. The van der Waals surface area contributed by atoms with E-state index in [4.69, 9.17) is 14.0 Å². The van der Waals surface area contributed by atoms with Crippen molar-refractivity contribution in [1.29, 1.82) is 0 Å². The third-order valence-electron chi connectivity index (χ3n) is 4.14. The number of carbonyl (C=O) groups is 1. The van der Waals surface area contributed by atoms with Crippen LogP contribution >= 0.6 is 0 Å². The molecule has 0 saturated carbocycles. The molecule has 0 N–H and O–H groups in total. The van der Waals surface area contributed by atoms with Gasteiger partial charge < -0.3 is 14.0 Å². The minimum absolute atomic E-state index is 0.0825. The average Bonchev–Trinajstić information content (AvgIpc) is 3.10. The first kappa shape index (κ1) is 20.4. The summed E-state index contributed by atoms with van der Waals surface area (Å²) in [6.07, 6.45) is 1.12. The van der Waals surface area contributed by atoms with Crippen LogP contribution in [0.15, 0.2) is 65.6 Å². The lowest BCUT2D eigenvalue weighted by Gasteiger charge is -2.29. The van der Waals surface area contributed by atoms with Crippen molar-refractivity contribution in [2.45, 2.75) is 19.4 Å². The number of fused-ring (bicyclic) bond motifs is 1. The van der Waals surface area contributed by atoms with E-state index >= 15 is 0 Å². The number of likely N-dealkylation sites (N-methyl/N-ethyl adjacent to an activating group) is 1. The molecule has 0 amide bonds. The van der Waals surface area contributed by atoms with Crippen molar-refractivity contribution < 1.29 is 28.3 Å². The van der Waals surface area contributed by atoms with Gasteiger partial charge in [-0.15, -0.1) is 5.06 Å². The quantitative estimate of drug-likeness (QED) is 0.298. The first-order chi connectivity index (χ1) is 13.8. The molecule has 1 aromatic heterocycles. The predicted octanol–water partition coefficient (Wildman–Crippen LogP) is 5.10. The topological polar surface area (TPSA) is 61.1 Å². The van der Waals surface area contributed by atoms with Gasteiger partial charge >= 0.3 is 5.97 Å². The fraction of sp³-hybridized carbons (Fsp3) is 0.227. The second-order valence-electron chi connectivity index (χ2n) is 7.15. The Morgan fingerprint density at radius 3 is 2.72 bits per heavy atom. The van der Waals surface area contributed by atoms with Gasteiger partial charge in [0, 0.05) is 29.1 Å². The molecule has 7 heteroatoms. The lowest BCUT2D eigenvalue weighted by molar-refractivity contribution is -0.159. The Morgan fingerprint density at radius 1 is 1.24 bits per heavy atom. The largest absolute Gasteiger partial charge is 0.456 e. The lowest BCUT2D eigenvalue weighted by Crippen LogP contribution is -2.41. The van der Waals surface area contributed by atoms with Crippen LogP contribution in [-0.4, -0.2) is 30.2 Å². The molecule has 0 aliphatic heterocycles. The van der Waals surface area contributed by atoms with Gasteiger partial charge in [0.2, 0.25) is 0 Å². The zero-order valence-electron chi connectivity index (χ0n) is 16.5. The van der Waals surface area contributed by atoms with Crippen LogP contribution in [0.2, 0.25) is 0 Å². The van der Waals surface area contributed by atoms with Gasteiger partial charge in [-0.1, -0.05) is 18.7 Å². The number of hydroxylamine groups is 2. The molecule has 0 radical (unpaired) electrons. The van der Waals surface area contributed by atoms with Crippen molar-refractivity contribution in [3.8, 4) is 22.8 Å². The number of hydrogen-bond donors (Lipinski definition) is 0. The zero-order chi connectivity index (χ0) is 21.0. The Balaban J connectivity index is 1.76. The van der Waals surface area contributed by atoms with Gasteiger partial charge in [-0.05, 0) is 44.2 Å². The molecule has 0 atom stereocenters. The third-order valence-corrected chi connectivity index (χ3v) is 4.14. The van der Waals surface area contributed by atoms with Crippen molar-refractivity contribution in [2.75, 3.05) is 13.6 Å². The van der Waals surface area contributed by atoms with Crippen LogP contribution in [0.5, 0.6) is 11.5 Å². The molecule has 0 aliphatic rings. The summed E-state index contributed by atoms with van der Waals surface area (Å²) in [7, 11) is 1.73. The summed E-state index contributed by atoms with van der Waals surface area (Å²) >= 11 is 0. The van der Waals surface area contributed by atoms with E-state index in [-0.39, 0.29) is 5.75 Å².